The van der Waals surface area contributed by atoms with Crippen molar-refractivity contribution in [2.75, 3.05) is 6.54 Å². The van der Waals surface area contributed by atoms with E-state index in [1.807, 2.05) is 71.4 Å². The monoisotopic (exact) mass is 359 g/mol. The predicted octanol–water partition coefficient (Wildman–Crippen LogP) is 4.71. The Bertz CT molecular complexity index is 868. The van der Waals surface area contributed by atoms with Crippen molar-refractivity contribution in [1.82, 2.24) is 15.1 Å². The first kappa shape index (κ1) is 17.5. The number of nitrogens with zero attached hydrogens (tertiary/aromatic N) is 2. The molecule has 0 atom stereocenters. The lowest BCUT2D eigenvalue weighted by Gasteiger charge is -2.24. The number of nitrogens with one attached hydrogen (secondary N) is 1. The van der Waals surface area contributed by atoms with Crippen molar-refractivity contribution in [2.24, 2.45) is 11.3 Å². The Morgan fingerprint density at radius 2 is 1.70 bits per heavy atom. The van der Waals surface area contributed by atoms with Crippen LogP contribution < -0.4 is 5.32 Å². The molecule has 1 amide bonds. The first-order valence-electron chi connectivity index (χ1n) is 9.54. The summed E-state index contributed by atoms with van der Waals surface area (Å²) in [5.74, 6) is 0.607. The summed E-state index contributed by atoms with van der Waals surface area (Å²) >= 11 is 0. The normalized spacial score (nSPS) is 14.1. The second-order valence-electron chi connectivity index (χ2n) is 7.97. The van der Waals surface area contributed by atoms with Crippen LogP contribution in [0.4, 0.5) is 0 Å². The summed E-state index contributed by atoms with van der Waals surface area (Å²) in [6, 6.07) is 21.8. The number of carbonyl (C=O) groups excluding carboxylic acids is 1. The molecule has 1 aromatic heterocycles. The fourth-order valence-corrected chi connectivity index (χ4v) is 3.48. The van der Waals surface area contributed by atoms with Gasteiger partial charge in [-0.1, -0.05) is 62.4 Å². The van der Waals surface area contributed by atoms with Crippen LogP contribution in [0.2, 0.25) is 0 Å². The molecule has 1 N–H and O–H groups in total. The molecule has 0 spiro atoms. The first-order chi connectivity index (χ1) is 13.0. The summed E-state index contributed by atoms with van der Waals surface area (Å²) in [5.41, 5.74) is 3.47. The number of hydrogen-bond acceptors (Lipinski definition) is 2. The van der Waals surface area contributed by atoms with E-state index in [2.05, 4.69) is 24.3 Å². The molecule has 1 aliphatic rings. The summed E-state index contributed by atoms with van der Waals surface area (Å²) in [4.78, 5) is 12.8. The van der Waals surface area contributed by atoms with E-state index >= 15 is 0 Å². The lowest BCUT2D eigenvalue weighted by atomic mass is 9.87. The summed E-state index contributed by atoms with van der Waals surface area (Å²) in [6.45, 7) is 5.13. The minimum absolute atomic E-state index is 0.115. The highest BCUT2D eigenvalue weighted by atomic mass is 16.1. The number of rotatable bonds is 6. The minimum atomic E-state index is -0.115. The van der Waals surface area contributed by atoms with Gasteiger partial charge in [0.1, 0.15) is 0 Å². The summed E-state index contributed by atoms with van der Waals surface area (Å²) < 4.78 is 1.84. The van der Waals surface area contributed by atoms with Gasteiger partial charge in [-0.15, -0.1) is 0 Å². The van der Waals surface area contributed by atoms with Gasteiger partial charge >= 0.3 is 0 Å². The van der Waals surface area contributed by atoms with Crippen molar-refractivity contribution in [1.29, 1.82) is 0 Å². The zero-order valence-corrected chi connectivity index (χ0v) is 15.9. The first-order valence-corrected chi connectivity index (χ1v) is 9.54. The number of benzene rings is 2. The highest BCUT2D eigenvalue weighted by molar-refractivity contribution is 5.93. The number of para-hydroxylation sites is 1. The van der Waals surface area contributed by atoms with E-state index in [4.69, 9.17) is 0 Å². The Labute approximate surface area is 160 Å². The van der Waals surface area contributed by atoms with Gasteiger partial charge in [0.05, 0.1) is 11.4 Å². The van der Waals surface area contributed by atoms with Gasteiger partial charge in [0.2, 0.25) is 0 Å². The van der Waals surface area contributed by atoms with Gasteiger partial charge in [-0.25, -0.2) is 4.68 Å². The highest BCUT2D eigenvalue weighted by Crippen LogP contribution is 2.44. The van der Waals surface area contributed by atoms with Crippen molar-refractivity contribution < 1.29 is 4.79 Å². The van der Waals surface area contributed by atoms with Gasteiger partial charge in [-0.3, -0.25) is 4.79 Å². The Kier molecular flexibility index (Phi) is 4.56. The number of aromatic nitrogens is 2. The molecule has 0 unspecified atom stereocenters. The van der Waals surface area contributed by atoms with Crippen LogP contribution in [0.5, 0.6) is 0 Å². The third kappa shape index (κ3) is 3.80. The lowest BCUT2D eigenvalue weighted by molar-refractivity contribution is 0.0926. The molecule has 27 heavy (non-hydrogen) atoms. The molecule has 4 nitrogen and oxygen atoms in total. The quantitative estimate of drug-likeness (QED) is 0.693. The Morgan fingerprint density at radius 3 is 2.33 bits per heavy atom. The molecular formula is C23H25N3O. The third-order valence-electron chi connectivity index (χ3n) is 5.40. The van der Waals surface area contributed by atoms with Crippen LogP contribution in [0, 0.1) is 11.3 Å². The van der Waals surface area contributed by atoms with E-state index < -0.39 is 0 Å². The average molecular weight is 359 g/mol. The van der Waals surface area contributed by atoms with Crippen molar-refractivity contribution in [3.05, 3.63) is 72.4 Å². The average Bonchev–Trinajstić information content (AvgIpc) is 3.47. The molecule has 0 radical (unpaired) electrons. The number of carbonyl (C=O) groups is 1. The fourth-order valence-electron chi connectivity index (χ4n) is 3.48. The SMILES string of the molecule is CC(C)(CNC(=O)c1cc(-c2ccccc2)n(-c2ccccc2)n1)C1CC1. The molecular weight excluding hydrogens is 334 g/mol. The molecule has 0 saturated heterocycles. The van der Waals surface area contributed by atoms with Gasteiger partial charge in [0.15, 0.2) is 5.69 Å². The summed E-state index contributed by atoms with van der Waals surface area (Å²) in [6.07, 6.45) is 2.54. The van der Waals surface area contributed by atoms with Gasteiger partial charge in [-0.05, 0) is 42.4 Å². The minimum Gasteiger partial charge on any atom is -0.350 e. The van der Waals surface area contributed by atoms with Crippen molar-refractivity contribution >= 4 is 5.91 Å². The third-order valence-corrected chi connectivity index (χ3v) is 5.40. The number of hydrogen-bond donors (Lipinski definition) is 1. The van der Waals surface area contributed by atoms with Crippen LogP contribution >= 0.6 is 0 Å². The van der Waals surface area contributed by atoms with Crippen LogP contribution in [0.3, 0.4) is 0 Å². The molecule has 1 fully saturated rings. The molecule has 0 aliphatic heterocycles. The topological polar surface area (TPSA) is 46.9 Å². The van der Waals surface area contributed by atoms with Gasteiger partial charge < -0.3 is 5.32 Å². The van der Waals surface area contributed by atoms with E-state index in [-0.39, 0.29) is 11.3 Å². The van der Waals surface area contributed by atoms with Crippen LogP contribution in [0.1, 0.15) is 37.2 Å². The van der Waals surface area contributed by atoms with Gasteiger partial charge in [0, 0.05) is 12.1 Å². The molecule has 1 heterocycles. The zero-order chi connectivity index (χ0) is 18.9. The van der Waals surface area contributed by atoms with Gasteiger partial charge in [0.25, 0.3) is 5.91 Å². The molecule has 138 valence electrons. The molecule has 1 saturated carbocycles. The van der Waals surface area contributed by atoms with E-state index in [0.29, 0.717) is 12.2 Å². The second kappa shape index (κ2) is 7.03. The van der Waals surface area contributed by atoms with E-state index in [1.54, 1.807) is 0 Å². The van der Waals surface area contributed by atoms with Crippen LogP contribution in [-0.4, -0.2) is 22.2 Å². The Hall–Kier alpha value is -2.88. The second-order valence-corrected chi connectivity index (χ2v) is 7.97. The summed E-state index contributed by atoms with van der Waals surface area (Å²) in [5, 5.41) is 7.71. The molecule has 0 bridgehead atoms. The van der Waals surface area contributed by atoms with Crippen molar-refractivity contribution in [2.45, 2.75) is 26.7 Å². The Balaban J connectivity index is 1.64. The molecule has 4 heteroatoms. The smallest absolute Gasteiger partial charge is 0.271 e. The molecule has 4 rings (SSSR count). The Morgan fingerprint density at radius 1 is 1.07 bits per heavy atom. The van der Waals surface area contributed by atoms with Crippen LogP contribution in [0.15, 0.2) is 66.7 Å². The molecule has 1 aliphatic carbocycles. The zero-order valence-electron chi connectivity index (χ0n) is 15.9. The number of amides is 1. The van der Waals surface area contributed by atoms with Crippen molar-refractivity contribution in [3.63, 3.8) is 0 Å². The predicted molar refractivity (Wildman–Crippen MR) is 108 cm³/mol. The van der Waals surface area contributed by atoms with E-state index in [0.717, 1.165) is 22.9 Å². The fraction of sp³-hybridized carbons (Fsp3) is 0.304. The maximum Gasteiger partial charge on any atom is 0.271 e. The molecule has 2 aromatic carbocycles. The standard InChI is InChI=1S/C23H25N3O/c1-23(2,18-13-14-18)16-24-22(27)20-15-21(17-9-5-3-6-10-17)26(25-20)19-11-7-4-8-12-19/h3-12,15,18H,13-14,16H2,1-2H3,(H,24,27). The van der Waals surface area contributed by atoms with E-state index in [9.17, 15) is 4.79 Å². The largest absolute Gasteiger partial charge is 0.350 e. The summed E-state index contributed by atoms with van der Waals surface area (Å²) in [7, 11) is 0. The lowest BCUT2D eigenvalue weighted by Crippen LogP contribution is -2.35. The highest BCUT2D eigenvalue weighted by Gasteiger charge is 2.37. The van der Waals surface area contributed by atoms with Crippen LogP contribution in [0.25, 0.3) is 16.9 Å². The maximum absolute atomic E-state index is 12.8. The maximum atomic E-state index is 12.8. The van der Waals surface area contributed by atoms with E-state index in [1.165, 1.54) is 12.8 Å². The van der Waals surface area contributed by atoms with Crippen molar-refractivity contribution in [3.8, 4) is 16.9 Å². The van der Waals surface area contributed by atoms with Gasteiger partial charge in [-0.2, -0.15) is 5.10 Å². The molecule has 3 aromatic rings. The van der Waals surface area contributed by atoms with Crippen LogP contribution in [-0.2, 0) is 0 Å².